The van der Waals surface area contributed by atoms with E-state index in [-0.39, 0.29) is 5.91 Å². The molecule has 1 heterocycles. The maximum atomic E-state index is 12.8. The lowest BCUT2D eigenvalue weighted by atomic mass is 10.0. The second kappa shape index (κ2) is 8.37. The summed E-state index contributed by atoms with van der Waals surface area (Å²) in [6.07, 6.45) is 3.14. The third-order valence-electron chi connectivity index (χ3n) is 5.45. The molecule has 4 nitrogen and oxygen atoms in total. The van der Waals surface area contributed by atoms with Crippen LogP contribution in [0.15, 0.2) is 48.5 Å². The number of hydrogen-bond acceptors (Lipinski definition) is 3. The van der Waals surface area contributed by atoms with Crippen molar-refractivity contribution in [1.82, 2.24) is 9.80 Å². The van der Waals surface area contributed by atoms with Crippen molar-refractivity contribution in [3.63, 3.8) is 0 Å². The number of amides is 1. The van der Waals surface area contributed by atoms with Gasteiger partial charge < -0.3 is 15.5 Å². The molecule has 0 saturated carbocycles. The average molecular weight is 351 g/mol. The Balaban J connectivity index is 1.51. The minimum absolute atomic E-state index is 0.132. The smallest absolute Gasteiger partial charge is 0.254 e. The van der Waals surface area contributed by atoms with E-state index in [1.807, 2.05) is 30.0 Å². The summed E-state index contributed by atoms with van der Waals surface area (Å²) < 4.78 is 0. The molecule has 0 radical (unpaired) electrons. The van der Waals surface area contributed by atoms with Crippen LogP contribution in [0.4, 0.5) is 5.69 Å². The average Bonchev–Trinajstić information content (AvgIpc) is 2.66. The van der Waals surface area contributed by atoms with Crippen molar-refractivity contribution >= 4 is 11.6 Å². The van der Waals surface area contributed by atoms with Crippen LogP contribution in [0.1, 0.15) is 34.3 Å². The van der Waals surface area contributed by atoms with E-state index in [1.165, 1.54) is 5.56 Å². The molecule has 3 rings (SSSR count). The predicted octanol–water partition coefficient (Wildman–Crippen LogP) is 3.36. The van der Waals surface area contributed by atoms with Crippen molar-refractivity contribution in [2.45, 2.75) is 32.2 Å². The van der Waals surface area contributed by atoms with Crippen LogP contribution in [0.3, 0.4) is 0 Å². The third-order valence-corrected chi connectivity index (χ3v) is 5.45. The fraction of sp³-hybridized carbons (Fsp3) is 0.409. The summed E-state index contributed by atoms with van der Waals surface area (Å²) in [5.41, 5.74) is 9.61. The van der Waals surface area contributed by atoms with Gasteiger partial charge in [0, 0.05) is 36.9 Å². The molecule has 0 unspecified atom stereocenters. The number of carbonyl (C=O) groups excluding carboxylic acids is 1. The summed E-state index contributed by atoms with van der Waals surface area (Å²) in [6.45, 7) is 4.65. The van der Waals surface area contributed by atoms with Crippen molar-refractivity contribution < 1.29 is 4.79 Å². The minimum atomic E-state index is 0.132. The van der Waals surface area contributed by atoms with Gasteiger partial charge in [-0.15, -0.1) is 0 Å². The number of anilines is 1. The summed E-state index contributed by atoms with van der Waals surface area (Å²) in [7, 11) is 2.20. The number of nitrogens with zero attached hydrogens (tertiary/aromatic N) is 2. The van der Waals surface area contributed by atoms with E-state index in [9.17, 15) is 4.79 Å². The summed E-state index contributed by atoms with van der Waals surface area (Å²) >= 11 is 0. The van der Waals surface area contributed by atoms with E-state index in [1.54, 1.807) is 0 Å². The van der Waals surface area contributed by atoms with Crippen LogP contribution in [0, 0.1) is 6.92 Å². The quantitative estimate of drug-likeness (QED) is 0.841. The van der Waals surface area contributed by atoms with Gasteiger partial charge in [-0.05, 0) is 62.6 Å². The van der Waals surface area contributed by atoms with Crippen molar-refractivity contribution in [1.29, 1.82) is 0 Å². The van der Waals surface area contributed by atoms with Gasteiger partial charge in [-0.2, -0.15) is 0 Å². The number of likely N-dealkylation sites (tertiary alicyclic amines) is 1. The van der Waals surface area contributed by atoms with Crippen molar-refractivity contribution in [2.75, 3.05) is 32.4 Å². The number of nitrogens with two attached hydrogens (primary N) is 1. The van der Waals surface area contributed by atoms with Crippen LogP contribution in [0.2, 0.25) is 0 Å². The molecule has 1 amide bonds. The van der Waals surface area contributed by atoms with Gasteiger partial charge in [0.15, 0.2) is 0 Å². The maximum Gasteiger partial charge on any atom is 0.254 e. The van der Waals surface area contributed by atoms with E-state index >= 15 is 0 Å². The lowest BCUT2D eigenvalue weighted by molar-refractivity contribution is 0.0646. The third kappa shape index (κ3) is 4.44. The zero-order valence-corrected chi connectivity index (χ0v) is 15.8. The lowest BCUT2D eigenvalue weighted by Gasteiger charge is -2.37. The molecule has 0 atom stereocenters. The highest BCUT2D eigenvalue weighted by atomic mass is 16.2. The number of likely N-dealkylation sites (N-methyl/N-ethyl adjacent to an activating group) is 1. The van der Waals surface area contributed by atoms with Gasteiger partial charge in [0.05, 0.1) is 0 Å². The van der Waals surface area contributed by atoms with E-state index in [0.717, 1.165) is 50.0 Å². The zero-order valence-electron chi connectivity index (χ0n) is 15.8. The zero-order chi connectivity index (χ0) is 18.5. The summed E-state index contributed by atoms with van der Waals surface area (Å²) in [4.78, 5) is 17.2. The van der Waals surface area contributed by atoms with Gasteiger partial charge in [-0.3, -0.25) is 4.79 Å². The molecule has 2 N–H and O–H groups in total. The van der Waals surface area contributed by atoms with Gasteiger partial charge in [-0.1, -0.05) is 30.3 Å². The van der Waals surface area contributed by atoms with Crippen molar-refractivity contribution in [3.05, 3.63) is 65.2 Å². The Morgan fingerprint density at radius 1 is 1.15 bits per heavy atom. The van der Waals surface area contributed by atoms with E-state index in [4.69, 9.17) is 5.73 Å². The van der Waals surface area contributed by atoms with E-state index < -0.39 is 0 Å². The van der Waals surface area contributed by atoms with E-state index in [0.29, 0.717) is 11.7 Å². The van der Waals surface area contributed by atoms with Gasteiger partial charge in [0.25, 0.3) is 5.91 Å². The number of benzene rings is 2. The molecule has 0 bridgehead atoms. The van der Waals surface area contributed by atoms with Crippen LogP contribution < -0.4 is 5.73 Å². The van der Waals surface area contributed by atoms with Gasteiger partial charge in [0.1, 0.15) is 0 Å². The molecular weight excluding hydrogens is 322 g/mol. The molecule has 0 aliphatic carbocycles. The Kier molecular flexibility index (Phi) is 5.94. The van der Waals surface area contributed by atoms with Crippen molar-refractivity contribution in [2.24, 2.45) is 0 Å². The Labute approximate surface area is 156 Å². The summed E-state index contributed by atoms with van der Waals surface area (Å²) in [5.74, 6) is 0.132. The first-order valence-electron chi connectivity index (χ1n) is 9.44. The topological polar surface area (TPSA) is 49.6 Å². The van der Waals surface area contributed by atoms with Crippen LogP contribution in [0.25, 0.3) is 0 Å². The first-order valence-corrected chi connectivity index (χ1v) is 9.44. The predicted molar refractivity (Wildman–Crippen MR) is 107 cm³/mol. The Morgan fingerprint density at radius 3 is 2.50 bits per heavy atom. The number of hydrogen-bond donors (Lipinski definition) is 1. The molecule has 2 aromatic carbocycles. The van der Waals surface area contributed by atoms with Crippen LogP contribution in [-0.4, -0.2) is 48.4 Å². The molecule has 138 valence electrons. The number of nitrogen functional groups attached to an aromatic ring is 1. The van der Waals surface area contributed by atoms with Gasteiger partial charge in [-0.25, -0.2) is 0 Å². The fourth-order valence-electron chi connectivity index (χ4n) is 3.74. The molecular formula is C22H29N3O. The second-order valence-electron chi connectivity index (χ2n) is 7.31. The van der Waals surface area contributed by atoms with Crippen LogP contribution in [-0.2, 0) is 6.42 Å². The molecule has 1 aliphatic rings. The minimum Gasteiger partial charge on any atom is -0.399 e. The number of carbonyl (C=O) groups is 1. The van der Waals surface area contributed by atoms with Crippen LogP contribution >= 0.6 is 0 Å². The second-order valence-corrected chi connectivity index (χ2v) is 7.31. The highest BCUT2D eigenvalue weighted by molar-refractivity contribution is 5.96. The molecule has 2 aromatic rings. The van der Waals surface area contributed by atoms with E-state index in [2.05, 4.69) is 42.3 Å². The molecule has 1 saturated heterocycles. The molecule has 1 fully saturated rings. The molecule has 26 heavy (non-hydrogen) atoms. The van der Waals surface area contributed by atoms with Gasteiger partial charge in [0.2, 0.25) is 0 Å². The molecule has 1 aliphatic heterocycles. The highest BCUT2D eigenvalue weighted by Crippen LogP contribution is 2.20. The largest absolute Gasteiger partial charge is 0.399 e. The summed E-state index contributed by atoms with van der Waals surface area (Å²) in [6, 6.07) is 16.7. The Hall–Kier alpha value is -2.33. The summed E-state index contributed by atoms with van der Waals surface area (Å²) in [5, 5.41) is 0. The lowest BCUT2D eigenvalue weighted by Crippen LogP contribution is -2.46. The molecule has 0 aromatic heterocycles. The highest BCUT2D eigenvalue weighted by Gasteiger charge is 2.26. The normalized spacial score (nSPS) is 15.4. The monoisotopic (exact) mass is 351 g/mol. The van der Waals surface area contributed by atoms with Gasteiger partial charge >= 0.3 is 0 Å². The van der Waals surface area contributed by atoms with Crippen molar-refractivity contribution in [3.8, 4) is 0 Å². The number of piperidine rings is 1. The Bertz CT molecular complexity index is 736. The number of rotatable bonds is 5. The standard InChI is InChI=1S/C22H29N3O/c1-17-16-19(23)8-9-21(17)22(26)25-14-11-20(12-15-25)24(2)13-10-18-6-4-3-5-7-18/h3-9,16,20H,10-15,23H2,1-2H3. The Morgan fingerprint density at radius 2 is 1.85 bits per heavy atom. The molecule has 4 heteroatoms. The molecule has 0 spiro atoms. The van der Waals surface area contributed by atoms with Crippen LogP contribution in [0.5, 0.6) is 0 Å². The maximum absolute atomic E-state index is 12.8. The number of aryl methyl sites for hydroxylation is 1. The first kappa shape index (κ1) is 18.5. The SMILES string of the molecule is Cc1cc(N)ccc1C(=O)N1CCC(N(C)CCc2ccccc2)CC1. The fourth-order valence-corrected chi connectivity index (χ4v) is 3.74. The first-order chi connectivity index (χ1) is 12.5.